The van der Waals surface area contributed by atoms with Crippen LogP contribution in [0.15, 0.2) is 97.2 Å². The molecular formula is C69H118O6. The van der Waals surface area contributed by atoms with Crippen molar-refractivity contribution in [1.29, 1.82) is 0 Å². The van der Waals surface area contributed by atoms with Crippen molar-refractivity contribution in [3.63, 3.8) is 0 Å². The van der Waals surface area contributed by atoms with Gasteiger partial charge in [0.05, 0.1) is 0 Å². The van der Waals surface area contributed by atoms with E-state index in [1.165, 1.54) is 141 Å². The van der Waals surface area contributed by atoms with Gasteiger partial charge in [-0.15, -0.1) is 0 Å². The van der Waals surface area contributed by atoms with E-state index in [0.717, 1.165) is 122 Å². The predicted octanol–water partition coefficient (Wildman–Crippen LogP) is 21.7. The molecule has 0 spiro atoms. The van der Waals surface area contributed by atoms with Crippen molar-refractivity contribution in [2.45, 2.75) is 309 Å². The van der Waals surface area contributed by atoms with E-state index >= 15 is 0 Å². The predicted molar refractivity (Wildman–Crippen MR) is 325 cm³/mol. The van der Waals surface area contributed by atoms with E-state index in [-0.39, 0.29) is 31.1 Å². The zero-order chi connectivity index (χ0) is 54.3. The second-order valence-electron chi connectivity index (χ2n) is 20.9. The highest BCUT2D eigenvalue weighted by Gasteiger charge is 2.19. The summed E-state index contributed by atoms with van der Waals surface area (Å²) < 4.78 is 16.9. The van der Waals surface area contributed by atoms with Gasteiger partial charge in [-0.2, -0.15) is 0 Å². The van der Waals surface area contributed by atoms with Gasteiger partial charge in [0.1, 0.15) is 13.2 Å². The molecule has 0 fully saturated rings. The van der Waals surface area contributed by atoms with Gasteiger partial charge in [-0.1, -0.05) is 259 Å². The molecule has 0 aromatic rings. The summed E-state index contributed by atoms with van der Waals surface area (Å²) in [7, 11) is 0. The Labute approximate surface area is 464 Å². The Bertz CT molecular complexity index is 1480. The molecule has 1 atom stereocenters. The van der Waals surface area contributed by atoms with Crippen molar-refractivity contribution < 1.29 is 28.6 Å². The van der Waals surface area contributed by atoms with Gasteiger partial charge in [-0.25, -0.2) is 0 Å². The monoisotopic (exact) mass is 1040 g/mol. The molecule has 0 aliphatic carbocycles. The van der Waals surface area contributed by atoms with E-state index < -0.39 is 6.10 Å². The van der Waals surface area contributed by atoms with Gasteiger partial charge in [0.15, 0.2) is 6.10 Å². The van der Waals surface area contributed by atoms with Crippen molar-refractivity contribution in [2.75, 3.05) is 13.2 Å². The van der Waals surface area contributed by atoms with E-state index in [2.05, 4.69) is 118 Å². The number of rotatable bonds is 57. The van der Waals surface area contributed by atoms with Gasteiger partial charge < -0.3 is 14.2 Å². The van der Waals surface area contributed by atoms with Gasteiger partial charge in [0.25, 0.3) is 0 Å². The molecule has 1 unspecified atom stereocenters. The first-order valence-corrected chi connectivity index (χ1v) is 31.7. The van der Waals surface area contributed by atoms with Crippen LogP contribution in [-0.4, -0.2) is 37.2 Å². The smallest absolute Gasteiger partial charge is 0.306 e. The van der Waals surface area contributed by atoms with E-state index in [0.29, 0.717) is 19.3 Å². The Morgan fingerprint density at radius 3 is 0.840 bits per heavy atom. The summed E-state index contributed by atoms with van der Waals surface area (Å²) in [6, 6.07) is 0. The Morgan fingerprint density at radius 2 is 0.520 bits per heavy atom. The maximum atomic E-state index is 12.9. The van der Waals surface area contributed by atoms with Crippen molar-refractivity contribution in [3.8, 4) is 0 Å². The van der Waals surface area contributed by atoms with Crippen molar-refractivity contribution in [2.24, 2.45) is 0 Å². The molecule has 0 heterocycles. The molecule has 0 aromatic heterocycles. The second kappa shape index (κ2) is 62.9. The quantitative estimate of drug-likeness (QED) is 0.0261. The molecule has 0 saturated carbocycles. The van der Waals surface area contributed by atoms with Crippen LogP contribution >= 0.6 is 0 Å². The first-order chi connectivity index (χ1) is 37.0. The van der Waals surface area contributed by atoms with Crippen LogP contribution in [0.2, 0.25) is 0 Å². The molecule has 0 radical (unpaired) electrons. The minimum absolute atomic E-state index is 0.0879. The summed E-state index contributed by atoms with van der Waals surface area (Å²) in [5.41, 5.74) is 0. The number of allylic oxidation sites excluding steroid dienone is 16. The highest BCUT2D eigenvalue weighted by molar-refractivity contribution is 5.71. The topological polar surface area (TPSA) is 78.9 Å². The standard InChI is InChI=1S/C69H118O6/c1-4-7-10-13-16-19-22-25-28-30-32-34-36-38-41-44-47-50-53-56-59-62-68(71)74-65-66(64-73-67(70)61-58-55-52-49-46-43-40-27-24-21-18-15-12-9-6-3)75-69(72)63-60-57-54-51-48-45-42-39-37-35-33-31-29-26-23-20-17-14-11-8-5-2/h7,10,16,18-19,21,23,25-28,31-34,40,66H,4-6,8-9,11-15,17,20,22,24,29-30,35-39,41-65H2,1-3H3/b10-7-,19-16-,21-18-,26-23-,28-25-,33-31-,34-32-,40-27-. The lowest BCUT2D eigenvalue weighted by Crippen LogP contribution is -2.30. The molecule has 0 bridgehead atoms. The zero-order valence-corrected chi connectivity index (χ0v) is 49.3. The lowest BCUT2D eigenvalue weighted by atomic mass is 10.1. The minimum atomic E-state index is -0.792. The Kier molecular flexibility index (Phi) is 59.8. The van der Waals surface area contributed by atoms with E-state index in [1.54, 1.807) is 0 Å². The molecule has 0 rings (SSSR count). The first-order valence-electron chi connectivity index (χ1n) is 31.7. The molecular weight excluding hydrogens is 925 g/mol. The molecule has 430 valence electrons. The fraction of sp³-hybridized carbons (Fsp3) is 0.725. The van der Waals surface area contributed by atoms with Crippen LogP contribution in [0.25, 0.3) is 0 Å². The van der Waals surface area contributed by atoms with Crippen molar-refractivity contribution in [3.05, 3.63) is 97.2 Å². The Balaban J connectivity index is 4.40. The molecule has 0 saturated heterocycles. The second-order valence-corrected chi connectivity index (χ2v) is 20.9. The highest BCUT2D eigenvalue weighted by Crippen LogP contribution is 2.15. The molecule has 0 N–H and O–H groups in total. The van der Waals surface area contributed by atoms with Crippen LogP contribution in [0.1, 0.15) is 303 Å². The van der Waals surface area contributed by atoms with E-state index in [1.807, 2.05) is 0 Å². The summed E-state index contributed by atoms with van der Waals surface area (Å²) in [5.74, 6) is -0.904. The van der Waals surface area contributed by atoms with Gasteiger partial charge in [-0.3, -0.25) is 14.4 Å². The molecule has 75 heavy (non-hydrogen) atoms. The minimum Gasteiger partial charge on any atom is -0.462 e. The number of ether oxygens (including phenoxy) is 3. The number of esters is 3. The molecule has 6 heteroatoms. The number of carbonyl (C=O) groups excluding carboxylic acids is 3. The van der Waals surface area contributed by atoms with Gasteiger partial charge in [-0.05, 0) is 122 Å². The highest BCUT2D eigenvalue weighted by atomic mass is 16.6. The summed E-state index contributed by atoms with van der Waals surface area (Å²) in [6.45, 7) is 6.49. The van der Waals surface area contributed by atoms with Crippen LogP contribution < -0.4 is 0 Å². The Morgan fingerprint density at radius 1 is 0.280 bits per heavy atom. The molecule has 0 amide bonds. The van der Waals surface area contributed by atoms with Crippen molar-refractivity contribution in [1.82, 2.24) is 0 Å². The summed E-state index contributed by atoms with van der Waals surface area (Å²) in [5, 5.41) is 0. The average molecular weight is 1040 g/mol. The fourth-order valence-corrected chi connectivity index (χ4v) is 8.79. The fourth-order valence-electron chi connectivity index (χ4n) is 8.79. The third-order valence-electron chi connectivity index (χ3n) is 13.5. The van der Waals surface area contributed by atoms with Gasteiger partial charge in [0.2, 0.25) is 0 Å². The van der Waals surface area contributed by atoms with Crippen LogP contribution in [0.3, 0.4) is 0 Å². The normalized spacial score (nSPS) is 12.7. The van der Waals surface area contributed by atoms with Crippen LogP contribution in [0, 0.1) is 0 Å². The summed E-state index contributed by atoms with van der Waals surface area (Å²) in [6.07, 6.45) is 84.0. The maximum absolute atomic E-state index is 12.9. The number of unbranched alkanes of at least 4 members (excludes halogenated alkanes) is 30. The number of carbonyl (C=O) groups is 3. The molecule has 0 aliphatic heterocycles. The average Bonchev–Trinajstić information content (AvgIpc) is 3.41. The third-order valence-corrected chi connectivity index (χ3v) is 13.5. The third kappa shape index (κ3) is 61.1. The molecule has 0 aromatic carbocycles. The van der Waals surface area contributed by atoms with Crippen molar-refractivity contribution >= 4 is 17.9 Å². The van der Waals surface area contributed by atoms with E-state index in [9.17, 15) is 14.4 Å². The number of hydrogen-bond acceptors (Lipinski definition) is 6. The van der Waals surface area contributed by atoms with Crippen LogP contribution in [-0.2, 0) is 28.6 Å². The first kappa shape index (κ1) is 71.3. The molecule has 0 aliphatic rings. The lowest BCUT2D eigenvalue weighted by Gasteiger charge is -2.18. The SMILES string of the molecule is CC/C=C\C/C=C\C/C=C\C/C=C\CCCCCCCCCCC(=O)OCC(COC(=O)CCCCCCC/C=C\C/C=C\CCCCC)OC(=O)CCCCCCCCCCC/C=C\C/C=C\CCCCCCC. The van der Waals surface area contributed by atoms with Gasteiger partial charge in [0, 0.05) is 19.3 Å². The zero-order valence-electron chi connectivity index (χ0n) is 49.3. The lowest BCUT2D eigenvalue weighted by molar-refractivity contribution is -0.167. The maximum Gasteiger partial charge on any atom is 0.306 e. The van der Waals surface area contributed by atoms with E-state index in [4.69, 9.17) is 14.2 Å². The van der Waals surface area contributed by atoms with Crippen LogP contribution in [0.4, 0.5) is 0 Å². The Hall–Kier alpha value is -3.67. The largest absolute Gasteiger partial charge is 0.462 e. The summed E-state index contributed by atoms with van der Waals surface area (Å²) in [4.78, 5) is 38.3. The molecule has 6 nitrogen and oxygen atoms in total. The number of hydrogen-bond donors (Lipinski definition) is 0. The van der Waals surface area contributed by atoms with Gasteiger partial charge >= 0.3 is 17.9 Å². The summed E-state index contributed by atoms with van der Waals surface area (Å²) >= 11 is 0. The van der Waals surface area contributed by atoms with Crippen LogP contribution in [0.5, 0.6) is 0 Å².